The van der Waals surface area contributed by atoms with Gasteiger partial charge in [-0.15, -0.1) is 0 Å². The van der Waals surface area contributed by atoms with E-state index in [2.05, 4.69) is 17.2 Å². The van der Waals surface area contributed by atoms with Crippen molar-refractivity contribution in [2.75, 3.05) is 12.4 Å². The molecule has 6 heteroatoms. The summed E-state index contributed by atoms with van der Waals surface area (Å²) in [6, 6.07) is 11.8. The van der Waals surface area contributed by atoms with Crippen molar-refractivity contribution in [2.24, 2.45) is 4.99 Å². The van der Waals surface area contributed by atoms with Crippen molar-refractivity contribution in [1.29, 1.82) is 0 Å². The lowest BCUT2D eigenvalue weighted by Crippen LogP contribution is -2.30. The van der Waals surface area contributed by atoms with Gasteiger partial charge >= 0.3 is 0 Å². The van der Waals surface area contributed by atoms with E-state index in [9.17, 15) is 9.59 Å². The van der Waals surface area contributed by atoms with Crippen molar-refractivity contribution in [2.45, 2.75) is 39.4 Å². The predicted molar refractivity (Wildman–Crippen MR) is 116 cm³/mol. The molecule has 1 atom stereocenters. The zero-order valence-corrected chi connectivity index (χ0v) is 17.7. The fourth-order valence-electron chi connectivity index (χ4n) is 3.07. The number of amidine groups is 1. The highest BCUT2D eigenvalue weighted by molar-refractivity contribution is 8.15. The van der Waals surface area contributed by atoms with Crippen molar-refractivity contribution in [3.05, 3.63) is 58.7 Å². The first-order valence-electron chi connectivity index (χ1n) is 9.22. The molecule has 1 N–H and O–H groups in total. The number of aliphatic imine (C=N–C) groups is 1. The van der Waals surface area contributed by atoms with Gasteiger partial charge in [-0.3, -0.25) is 14.5 Å². The minimum Gasteiger partial charge on any atom is -0.326 e. The average molecular weight is 396 g/mol. The molecule has 1 aliphatic rings. The molecular weight excluding hydrogens is 370 g/mol. The molecule has 5 nitrogen and oxygen atoms in total. The van der Waals surface area contributed by atoms with Crippen LogP contribution in [0.5, 0.6) is 0 Å². The van der Waals surface area contributed by atoms with E-state index in [1.54, 1.807) is 7.05 Å². The second-order valence-electron chi connectivity index (χ2n) is 7.19. The maximum absolute atomic E-state index is 12.6. The molecule has 1 saturated heterocycles. The van der Waals surface area contributed by atoms with Gasteiger partial charge in [0.05, 0.1) is 5.69 Å². The lowest BCUT2D eigenvalue weighted by atomic mass is 10.1. The highest BCUT2D eigenvalue weighted by Crippen LogP contribution is 2.31. The number of hydrogen-bond acceptors (Lipinski definition) is 4. The number of nitrogens with zero attached hydrogens (tertiary/aromatic N) is 2. The van der Waals surface area contributed by atoms with Crippen LogP contribution >= 0.6 is 11.8 Å². The van der Waals surface area contributed by atoms with E-state index in [0.29, 0.717) is 5.17 Å². The number of rotatable bonds is 4. The van der Waals surface area contributed by atoms with E-state index >= 15 is 0 Å². The van der Waals surface area contributed by atoms with Crippen LogP contribution in [0.2, 0.25) is 0 Å². The first-order chi connectivity index (χ1) is 13.3. The van der Waals surface area contributed by atoms with Crippen LogP contribution in [0.3, 0.4) is 0 Å². The molecule has 0 unspecified atom stereocenters. The number of thioether (sulfide) groups is 1. The van der Waals surface area contributed by atoms with E-state index in [-0.39, 0.29) is 18.2 Å². The summed E-state index contributed by atoms with van der Waals surface area (Å²) in [7, 11) is 1.71. The lowest BCUT2D eigenvalue weighted by Gasteiger charge is -2.12. The first-order valence-corrected chi connectivity index (χ1v) is 10.1. The number of hydrogen-bond donors (Lipinski definition) is 1. The van der Waals surface area contributed by atoms with Gasteiger partial charge in [0.15, 0.2) is 5.17 Å². The SMILES string of the molecule is Cc1ccc(N=C2S[C@H](CC(=O)Nc3c(C)cccc3C)C(=O)N2C)cc1C. The number of aryl methyl sites for hydroxylation is 4. The Labute approximate surface area is 170 Å². The Kier molecular flexibility index (Phi) is 5.89. The number of anilines is 1. The van der Waals surface area contributed by atoms with Crippen LogP contribution in [-0.2, 0) is 9.59 Å². The van der Waals surface area contributed by atoms with Gasteiger partial charge in [0, 0.05) is 19.2 Å². The standard InChI is InChI=1S/C22H25N3O2S/c1-13-9-10-17(11-16(13)4)23-22-25(5)21(27)18(28-22)12-19(26)24-20-14(2)7-6-8-15(20)3/h6-11,18H,12H2,1-5H3,(H,24,26)/t18-/m1/s1. The highest BCUT2D eigenvalue weighted by Gasteiger charge is 2.37. The molecule has 3 rings (SSSR count). The Balaban J connectivity index is 1.72. The molecule has 2 aromatic rings. The molecule has 146 valence electrons. The third kappa shape index (κ3) is 4.28. The van der Waals surface area contributed by atoms with Gasteiger partial charge in [0.25, 0.3) is 0 Å². The molecule has 2 aromatic carbocycles. The Hall–Kier alpha value is -2.60. The average Bonchev–Trinajstić information content (AvgIpc) is 2.89. The summed E-state index contributed by atoms with van der Waals surface area (Å²) in [4.78, 5) is 31.3. The number of carbonyl (C=O) groups excluding carboxylic acids is 2. The van der Waals surface area contributed by atoms with Crippen molar-refractivity contribution in [3.8, 4) is 0 Å². The second kappa shape index (κ2) is 8.19. The molecule has 0 spiro atoms. The lowest BCUT2D eigenvalue weighted by molar-refractivity contribution is -0.127. The number of nitrogens with one attached hydrogen (secondary N) is 1. The monoisotopic (exact) mass is 395 g/mol. The van der Waals surface area contributed by atoms with Crippen LogP contribution in [0.1, 0.15) is 28.7 Å². The van der Waals surface area contributed by atoms with E-state index < -0.39 is 5.25 Å². The minimum absolute atomic E-state index is 0.0933. The Morgan fingerprint density at radius 1 is 1.07 bits per heavy atom. The van der Waals surface area contributed by atoms with Gasteiger partial charge in [0.1, 0.15) is 5.25 Å². The van der Waals surface area contributed by atoms with Crippen LogP contribution in [-0.4, -0.2) is 34.2 Å². The van der Waals surface area contributed by atoms with E-state index in [4.69, 9.17) is 0 Å². The first kappa shape index (κ1) is 20.1. The maximum Gasteiger partial charge on any atom is 0.242 e. The van der Waals surface area contributed by atoms with E-state index in [1.165, 1.54) is 22.2 Å². The molecule has 1 fully saturated rings. The molecule has 1 heterocycles. The molecule has 0 radical (unpaired) electrons. The smallest absolute Gasteiger partial charge is 0.242 e. The topological polar surface area (TPSA) is 61.8 Å². The molecule has 0 aliphatic carbocycles. The van der Waals surface area contributed by atoms with Gasteiger partial charge in [-0.1, -0.05) is 36.0 Å². The largest absolute Gasteiger partial charge is 0.326 e. The van der Waals surface area contributed by atoms with Crippen molar-refractivity contribution >= 4 is 40.1 Å². The Morgan fingerprint density at radius 3 is 2.39 bits per heavy atom. The summed E-state index contributed by atoms with van der Waals surface area (Å²) >= 11 is 1.34. The maximum atomic E-state index is 12.6. The molecular formula is C22H25N3O2S. The van der Waals surface area contributed by atoms with Gasteiger partial charge in [0.2, 0.25) is 11.8 Å². The second-order valence-corrected chi connectivity index (χ2v) is 8.36. The van der Waals surface area contributed by atoms with Gasteiger partial charge < -0.3 is 5.32 Å². The molecule has 0 bridgehead atoms. The third-order valence-electron chi connectivity index (χ3n) is 4.97. The van der Waals surface area contributed by atoms with Crippen molar-refractivity contribution in [1.82, 2.24) is 4.90 Å². The van der Waals surface area contributed by atoms with Crippen LogP contribution in [0, 0.1) is 27.7 Å². The predicted octanol–water partition coefficient (Wildman–Crippen LogP) is 4.51. The van der Waals surface area contributed by atoms with Gasteiger partial charge in [-0.2, -0.15) is 0 Å². The molecule has 1 aliphatic heterocycles. The number of amides is 2. The van der Waals surface area contributed by atoms with Crippen LogP contribution in [0.25, 0.3) is 0 Å². The summed E-state index contributed by atoms with van der Waals surface area (Å²) in [5.74, 6) is -0.256. The zero-order chi connectivity index (χ0) is 20.4. The number of para-hydroxylation sites is 1. The Bertz CT molecular complexity index is 948. The van der Waals surface area contributed by atoms with E-state index in [0.717, 1.165) is 28.1 Å². The normalized spacial score (nSPS) is 18.0. The summed E-state index contributed by atoms with van der Waals surface area (Å²) in [6.07, 6.45) is 0.119. The summed E-state index contributed by atoms with van der Waals surface area (Å²) in [5, 5.41) is 3.12. The zero-order valence-electron chi connectivity index (χ0n) is 16.9. The number of carbonyl (C=O) groups is 2. The highest BCUT2D eigenvalue weighted by atomic mass is 32.2. The molecule has 0 saturated carbocycles. The third-order valence-corrected chi connectivity index (χ3v) is 6.20. The molecule has 2 amide bonds. The van der Waals surface area contributed by atoms with Gasteiger partial charge in [-0.25, -0.2) is 4.99 Å². The van der Waals surface area contributed by atoms with E-state index in [1.807, 2.05) is 57.2 Å². The molecule has 28 heavy (non-hydrogen) atoms. The van der Waals surface area contributed by atoms with Crippen molar-refractivity contribution in [3.63, 3.8) is 0 Å². The van der Waals surface area contributed by atoms with Crippen molar-refractivity contribution < 1.29 is 9.59 Å². The number of benzene rings is 2. The molecule has 0 aromatic heterocycles. The summed E-state index contributed by atoms with van der Waals surface area (Å²) in [5.41, 5.74) is 6.00. The fraction of sp³-hybridized carbons (Fsp3) is 0.318. The quantitative estimate of drug-likeness (QED) is 0.828. The summed E-state index contributed by atoms with van der Waals surface area (Å²) in [6.45, 7) is 8.01. The summed E-state index contributed by atoms with van der Waals surface area (Å²) < 4.78 is 0. The van der Waals surface area contributed by atoms with Crippen LogP contribution in [0.15, 0.2) is 41.4 Å². The van der Waals surface area contributed by atoms with Gasteiger partial charge in [-0.05, 0) is 62.1 Å². The van der Waals surface area contributed by atoms with Crippen LogP contribution in [0.4, 0.5) is 11.4 Å². The Morgan fingerprint density at radius 2 is 1.75 bits per heavy atom. The minimum atomic E-state index is -0.459. The fourth-order valence-corrected chi connectivity index (χ4v) is 4.23. The van der Waals surface area contributed by atoms with Crippen LogP contribution < -0.4 is 5.32 Å².